The maximum absolute atomic E-state index is 12.7. The molecule has 0 aliphatic carbocycles. The molecule has 2 aromatic rings. The molecule has 1 heterocycles. The van der Waals surface area contributed by atoms with Crippen LogP contribution in [0.15, 0.2) is 29.6 Å². The first-order valence-corrected chi connectivity index (χ1v) is 6.63. The molecular weight excluding hydrogens is 275 g/mol. The van der Waals surface area contributed by atoms with Crippen LogP contribution in [0.4, 0.5) is 10.1 Å². The predicted octanol–water partition coefficient (Wildman–Crippen LogP) is 3.20. The Balaban J connectivity index is 1.94. The van der Waals surface area contributed by atoms with E-state index in [-0.39, 0.29) is 18.1 Å². The van der Waals surface area contributed by atoms with Gasteiger partial charge in [-0.25, -0.2) is 9.37 Å². The molecule has 6 heteroatoms. The van der Waals surface area contributed by atoms with E-state index in [0.29, 0.717) is 16.6 Å². The van der Waals surface area contributed by atoms with E-state index in [1.807, 2.05) is 5.38 Å². The quantitative estimate of drug-likeness (QED) is 0.876. The predicted molar refractivity (Wildman–Crippen MR) is 70.4 cm³/mol. The number of aromatic nitrogens is 1. The van der Waals surface area contributed by atoms with Crippen LogP contribution in [-0.2, 0) is 17.1 Å². The Kier molecular flexibility index (Phi) is 4.28. The number of nitrogens with one attached hydrogen (secondary N) is 1. The summed E-state index contributed by atoms with van der Waals surface area (Å²) in [7, 11) is 0. The van der Waals surface area contributed by atoms with Crippen molar-refractivity contribution < 1.29 is 9.18 Å². The molecule has 0 aliphatic rings. The molecule has 0 saturated carbocycles. The van der Waals surface area contributed by atoms with Crippen LogP contribution in [0.3, 0.4) is 0 Å². The van der Waals surface area contributed by atoms with Crippen LogP contribution in [0.5, 0.6) is 0 Å². The van der Waals surface area contributed by atoms with Gasteiger partial charge in [-0.1, -0.05) is 0 Å². The lowest BCUT2D eigenvalue weighted by Gasteiger charge is -2.03. The minimum atomic E-state index is -0.334. The van der Waals surface area contributed by atoms with Crippen molar-refractivity contribution in [3.63, 3.8) is 0 Å². The number of hydrogen-bond donors (Lipinski definition) is 1. The van der Waals surface area contributed by atoms with E-state index in [4.69, 9.17) is 11.6 Å². The highest BCUT2D eigenvalue weighted by molar-refractivity contribution is 7.09. The summed E-state index contributed by atoms with van der Waals surface area (Å²) in [6.45, 7) is 0. The highest BCUT2D eigenvalue weighted by Crippen LogP contribution is 2.13. The second-order valence-electron chi connectivity index (χ2n) is 3.60. The Hall–Kier alpha value is -1.46. The first-order valence-electron chi connectivity index (χ1n) is 5.22. The highest BCUT2D eigenvalue weighted by Gasteiger charge is 2.08. The van der Waals surface area contributed by atoms with Crippen molar-refractivity contribution >= 4 is 34.5 Å². The van der Waals surface area contributed by atoms with Gasteiger partial charge in [-0.15, -0.1) is 22.9 Å². The van der Waals surface area contributed by atoms with Gasteiger partial charge in [0, 0.05) is 11.1 Å². The number of carbonyl (C=O) groups is 1. The summed E-state index contributed by atoms with van der Waals surface area (Å²) in [6.07, 6.45) is 0.193. The number of benzene rings is 1. The Morgan fingerprint density at radius 2 is 2.11 bits per heavy atom. The molecule has 0 spiro atoms. The molecule has 1 N–H and O–H groups in total. The van der Waals surface area contributed by atoms with E-state index in [1.165, 1.54) is 35.6 Å². The number of nitrogens with zero attached hydrogens (tertiary/aromatic N) is 1. The van der Waals surface area contributed by atoms with Gasteiger partial charge in [-0.3, -0.25) is 4.79 Å². The largest absolute Gasteiger partial charge is 0.326 e. The van der Waals surface area contributed by atoms with Crippen molar-refractivity contribution in [1.82, 2.24) is 4.98 Å². The van der Waals surface area contributed by atoms with Gasteiger partial charge in [-0.05, 0) is 24.3 Å². The number of thiazole rings is 1. The van der Waals surface area contributed by atoms with Gasteiger partial charge in [0.1, 0.15) is 10.8 Å². The molecule has 94 valence electrons. The van der Waals surface area contributed by atoms with Crippen LogP contribution in [0.2, 0.25) is 0 Å². The molecule has 1 aromatic carbocycles. The van der Waals surface area contributed by atoms with Crippen LogP contribution >= 0.6 is 22.9 Å². The first kappa shape index (κ1) is 13.0. The van der Waals surface area contributed by atoms with Crippen molar-refractivity contribution in [2.75, 3.05) is 5.32 Å². The molecule has 0 aliphatic heterocycles. The third kappa shape index (κ3) is 3.51. The van der Waals surface area contributed by atoms with Gasteiger partial charge in [0.25, 0.3) is 0 Å². The van der Waals surface area contributed by atoms with Crippen LogP contribution in [0.1, 0.15) is 10.7 Å². The number of hydrogen-bond acceptors (Lipinski definition) is 3. The molecule has 0 unspecified atom stereocenters. The Morgan fingerprint density at radius 1 is 1.39 bits per heavy atom. The molecule has 0 radical (unpaired) electrons. The molecule has 2 rings (SSSR count). The van der Waals surface area contributed by atoms with Gasteiger partial charge in [0.15, 0.2) is 0 Å². The zero-order valence-corrected chi connectivity index (χ0v) is 10.9. The van der Waals surface area contributed by atoms with Crippen molar-refractivity contribution in [2.24, 2.45) is 0 Å². The van der Waals surface area contributed by atoms with Crippen molar-refractivity contribution in [3.8, 4) is 0 Å². The lowest BCUT2D eigenvalue weighted by Crippen LogP contribution is -2.14. The van der Waals surface area contributed by atoms with Gasteiger partial charge >= 0.3 is 0 Å². The van der Waals surface area contributed by atoms with Crippen LogP contribution < -0.4 is 5.32 Å². The van der Waals surface area contributed by atoms with Crippen molar-refractivity contribution in [2.45, 2.75) is 12.3 Å². The summed E-state index contributed by atoms with van der Waals surface area (Å²) in [6, 6.07) is 5.62. The third-order valence-electron chi connectivity index (χ3n) is 2.18. The monoisotopic (exact) mass is 284 g/mol. The van der Waals surface area contributed by atoms with Crippen LogP contribution in [0, 0.1) is 5.82 Å². The zero-order chi connectivity index (χ0) is 13.0. The normalized spacial score (nSPS) is 10.3. The number of alkyl halides is 1. The summed E-state index contributed by atoms with van der Waals surface area (Å²) >= 11 is 7.03. The first-order chi connectivity index (χ1) is 8.67. The SMILES string of the molecule is O=C(Cc1nc(CCl)cs1)Nc1ccc(F)cc1. The summed E-state index contributed by atoms with van der Waals surface area (Å²) in [4.78, 5) is 15.9. The zero-order valence-electron chi connectivity index (χ0n) is 9.32. The van der Waals surface area contributed by atoms with Crippen molar-refractivity contribution in [3.05, 3.63) is 46.2 Å². The lowest BCUT2D eigenvalue weighted by molar-refractivity contribution is -0.115. The lowest BCUT2D eigenvalue weighted by atomic mass is 10.3. The summed E-state index contributed by atoms with van der Waals surface area (Å²) in [5.41, 5.74) is 1.33. The fourth-order valence-electron chi connectivity index (χ4n) is 1.37. The van der Waals surface area contributed by atoms with Crippen molar-refractivity contribution in [1.29, 1.82) is 0 Å². The average molecular weight is 285 g/mol. The fraction of sp³-hybridized carbons (Fsp3) is 0.167. The van der Waals surface area contributed by atoms with E-state index in [1.54, 1.807) is 0 Å². The summed E-state index contributed by atoms with van der Waals surface area (Å²) < 4.78 is 12.7. The third-order valence-corrected chi connectivity index (χ3v) is 3.35. The molecule has 1 amide bonds. The van der Waals surface area contributed by atoms with Gasteiger partial charge in [0.05, 0.1) is 18.0 Å². The van der Waals surface area contributed by atoms with Gasteiger partial charge < -0.3 is 5.32 Å². The maximum atomic E-state index is 12.7. The second-order valence-corrected chi connectivity index (χ2v) is 4.81. The summed E-state index contributed by atoms with van der Waals surface area (Å²) in [5, 5.41) is 5.21. The van der Waals surface area contributed by atoms with E-state index in [0.717, 1.165) is 5.69 Å². The standard InChI is InChI=1S/C12H10ClFN2OS/c13-6-10-7-18-12(16-10)5-11(17)15-9-3-1-8(14)2-4-9/h1-4,7H,5-6H2,(H,15,17). The summed E-state index contributed by atoms with van der Waals surface area (Å²) in [5.74, 6) is -0.174. The van der Waals surface area contributed by atoms with Crippen LogP contribution in [0.25, 0.3) is 0 Å². The minimum absolute atomic E-state index is 0.183. The average Bonchev–Trinajstić information content (AvgIpc) is 2.79. The van der Waals surface area contributed by atoms with E-state index in [9.17, 15) is 9.18 Å². The molecule has 0 fully saturated rings. The topological polar surface area (TPSA) is 42.0 Å². The fourth-order valence-corrected chi connectivity index (χ4v) is 2.39. The van der Waals surface area contributed by atoms with Gasteiger partial charge in [-0.2, -0.15) is 0 Å². The Morgan fingerprint density at radius 3 is 2.72 bits per heavy atom. The maximum Gasteiger partial charge on any atom is 0.231 e. The number of rotatable bonds is 4. The molecule has 0 atom stereocenters. The number of amides is 1. The Bertz CT molecular complexity index is 541. The van der Waals surface area contributed by atoms with E-state index >= 15 is 0 Å². The number of halogens is 2. The smallest absolute Gasteiger partial charge is 0.231 e. The molecule has 1 aromatic heterocycles. The molecule has 0 saturated heterocycles. The van der Waals surface area contributed by atoms with Gasteiger partial charge in [0.2, 0.25) is 5.91 Å². The number of carbonyl (C=O) groups excluding carboxylic acids is 1. The van der Waals surface area contributed by atoms with E-state index in [2.05, 4.69) is 10.3 Å². The molecule has 3 nitrogen and oxygen atoms in total. The minimum Gasteiger partial charge on any atom is -0.326 e. The molecule has 18 heavy (non-hydrogen) atoms. The molecule has 0 bridgehead atoms. The second kappa shape index (κ2) is 5.93. The van der Waals surface area contributed by atoms with E-state index < -0.39 is 0 Å². The Labute approximate surface area is 113 Å². The number of anilines is 1. The van der Waals surface area contributed by atoms with Crippen LogP contribution in [-0.4, -0.2) is 10.9 Å². The molecular formula is C12H10ClFN2OS. The highest BCUT2D eigenvalue weighted by atomic mass is 35.5.